The fraction of sp³-hybridized carbons (Fsp3) is 0.400. The summed E-state index contributed by atoms with van der Waals surface area (Å²) in [6, 6.07) is 3.87. The minimum atomic E-state index is -0.893. The van der Waals surface area contributed by atoms with E-state index in [1.807, 2.05) is 12.1 Å². The number of fused-ring (bicyclic) bond motifs is 1. The quantitative estimate of drug-likeness (QED) is 0.769. The highest BCUT2D eigenvalue weighted by molar-refractivity contribution is 7.13. The van der Waals surface area contributed by atoms with Crippen molar-refractivity contribution in [3.05, 3.63) is 34.0 Å². The summed E-state index contributed by atoms with van der Waals surface area (Å²) in [5.41, 5.74) is 1.34. The molecule has 1 unspecified atom stereocenters. The number of hydrogen-bond donors (Lipinski definition) is 1. The second-order valence-corrected chi connectivity index (χ2v) is 7.04. The van der Waals surface area contributed by atoms with Crippen LogP contribution in [-0.4, -0.2) is 49.0 Å². The van der Waals surface area contributed by atoms with Crippen molar-refractivity contribution in [2.24, 2.45) is 5.92 Å². The summed E-state index contributed by atoms with van der Waals surface area (Å²) >= 11 is 1.29. The van der Waals surface area contributed by atoms with Crippen molar-refractivity contribution in [1.29, 1.82) is 0 Å². The lowest BCUT2D eigenvalue weighted by Gasteiger charge is -2.16. The lowest BCUT2D eigenvalue weighted by atomic mass is 10.1. The topological polar surface area (TPSA) is 96.5 Å². The van der Waals surface area contributed by atoms with Crippen molar-refractivity contribution in [3.8, 4) is 0 Å². The summed E-state index contributed by atoms with van der Waals surface area (Å²) in [6.45, 7) is 3.58. The molecule has 0 amide bonds. The molecule has 4 rings (SSSR count). The van der Waals surface area contributed by atoms with Gasteiger partial charge in [0, 0.05) is 19.5 Å². The normalized spacial score (nSPS) is 17.7. The number of rotatable bonds is 4. The molecule has 9 heteroatoms. The molecular weight excluding hydrogens is 328 g/mol. The van der Waals surface area contributed by atoms with Crippen LogP contribution in [0.3, 0.4) is 0 Å². The maximum Gasteiger partial charge on any atom is 0.347 e. The van der Waals surface area contributed by atoms with Gasteiger partial charge in [-0.15, -0.1) is 26.6 Å². The monoisotopic (exact) mass is 344 g/mol. The lowest BCUT2D eigenvalue weighted by molar-refractivity contribution is 0.0701. The van der Waals surface area contributed by atoms with E-state index in [0.29, 0.717) is 16.5 Å². The van der Waals surface area contributed by atoms with E-state index in [4.69, 9.17) is 5.11 Å². The van der Waals surface area contributed by atoms with Gasteiger partial charge in [-0.3, -0.25) is 0 Å². The fourth-order valence-corrected chi connectivity index (χ4v) is 4.10. The van der Waals surface area contributed by atoms with Crippen molar-refractivity contribution in [1.82, 2.24) is 24.8 Å². The molecule has 4 heterocycles. The van der Waals surface area contributed by atoms with Crippen LogP contribution in [0, 0.1) is 12.8 Å². The average Bonchev–Trinajstić information content (AvgIpc) is 3.26. The predicted molar refractivity (Wildman–Crippen MR) is 88.6 cm³/mol. The minimum absolute atomic E-state index is 0.347. The highest BCUT2D eigenvalue weighted by Gasteiger charge is 2.26. The Kier molecular flexibility index (Phi) is 3.64. The third kappa shape index (κ3) is 2.71. The van der Waals surface area contributed by atoms with Gasteiger partial charge < -0.3 is 10.0 Å². The van der Waals surface area contributed by atoms with Crippen LogP contribution in [0.25, 0.3) is 5.65 Å². The maximum absolute atomic E-state index is 11.1. The molecule has 24 heavy (non-hydrogen) atoms. The third-order valence-electron chi connectivity index (χ3n) is 4.26. The molecule has 1 atom stereocenters. The molecule has 1 fully saturated rings. The van der Waals surface area contributed by atoms with Gasteiger partial charge in [0.15, 0.2) is 5.65 Å². The van der Waals surface area contributed by atoms with E-state index >= 15 is 0 Å². The molecule has 0 aromatic carbocycles. The lowest BCUT2D eigenvalue weighted by Crippen LogP contribution is -2.22. The Morgan fingerprint density at radius 3 is 3.12 bits per heavy atom. The minimum Gasteiger partial charge on any atom is -0.477 e. The number of carboxylic acids is 1. The zero-order valence-corrected chi connectivity index (χ0v) is 13.9. The van der Waals surface area contributed by atoms with Crippen LogP contribution in [0.1, 0.15) is 26.8 Å². The zero-order valence-electron chi connectivity index (χ0n) is 13.1. The summed E-state index contributed by atoms with van der Waals surface area (Å²) in [7, 11) is 0. The highest BCUT2D eigenvalue weighted by Crippen LogP contribution is 2.27. The number of aryl methyl sites for hydroxylation is 1. The van der Waals surface area contributed by atoms with E-state index in [2.05, 4.69) is 25.2 Å². The summed E-state index contributed by atoms with van der Waals surface area (Å²) in [4.78, 5) is 18.1. The maximum atomic E-state index is 11.1. The largest absolute Gasteiger partial charge is 0.477 e. The number of carbonyl (C=O) groups is 1. The van der Waals surface area contributed by atoms with Gasteiger partial charge >= 0.3 is 5.97 Å². The molecule has 1 aliphatic rings. The average molecular weight is 344 g/mol. The third-order valence-corrected chi connectivity index (χ3v) is 5.42. The number of carboxylic acid groups (broad SMARTS) is 1. The van der Waals surface area contributed by atoms with Gasteiger partial charge in [-0.2, -0.15) is 4.52 Å². The molecule has 1 aliphatic heterocycles. The second-order valence-electron chi connectivity index (χ2n) is 5.96. The van der Waals surface area contributed by atoms with Gasteiger partial charge in [0.25, 0.3) is 0 Å². The van der Waals surface area contributed by atoms with Crippen LogP contribution in [0.2, 0.25) is 0 Å². The molecular formula is C15H16N6O2S. The Morgan fingerprint density at radius 1 is 1.46 bits per heavy atom. The Bertz CT molecular complexity index is 904. The van der Waals surface area contributed by atoms with Crippen LogP contribution >= 0.6 is 11.3 Å². The van der Waals surface area contributed by atoms with E-state index in [0.717, 1.165) is 42.4 Å². The number of nitrogens with zero attached hydrogens (tertiary/aromatic N) is 6. The first-order valence-electron chi connectivity index (χ1n) is 7.72. The number of aromatic carboxylic acids is 1. The van der Waals surface area contributed by atoms with Crippen molar-refractivity contribution in [3.63, 3.8) is 0 Å². The Balaban J connectivity index is 1.46. The van der Waals surface area contributed by atoms with E-state index in [1.165, 1.54) is 11.3 Å². The zero-order chi connectivity index (χ0) is 16.7. The van der Waals surface area contributed by atoms with E-state index in [-0.39, 0.29) is 0 Å². The first-order chi connectivity index (χ1) is 11.6. The first kappa shape index (κ1) is 15.0. The van der Waals surface area contributed by atoms with Crippen molar-refractivity contribution in [2.75, 3.05) is 18.0 Å². The number of hydrogen-bond acceptors (Lipinski definition) is 7. The van der Waals surface area contributed by atoms with Gasteiger partial charge in [-0.25, -0.2) is 9.78 Å². The molecule has 0 saturated carbocycles. The SMILES string of the molecule is Cc1nc(CC2CCN(c3ccc4nncn4n3)C2)sc1C(=O)O. The number of aromatic nitrogens is 5. The Labute approximate surface area is 141 Å². The first-order valence-corrected chi connectivity index (χ1v) is 8.53. The predicted octanol–water partition coefficient (Wildman–Crippen LogP) is 1.66. The van der Waals surface area contributed by atoms with E-state index < -0.39 is 5.97 Å². The second kappa shape index (κ2) is 5.82. The molecule has 0 radical (unpaired) electrons. The summed E-state index contributed by atoms with van der Waals surface area (Å²) in [5, 5.41) is 22.4. The van der Waals surface area contributed by atoms with Crippen LogP contribution in [0.5, 0.6) is 0 Å². The van der Waals surface area contributed by atoms with Crippen LogP contribution in [-0.2, 0) is 6.42 Å². The highest BCUT2D eigenvalue weighted by atomic mass is 32.1. The molecule has 0 bridgehead atoms. The fourth-order valence-electron chi connectivity index (χ4n) is 3.08. The summed E-state index contributed by atoms with van der Waals surface area (Å²) < 4.78 is 1.67. The number of thiazole rings is 1. The molecule has 0 aliphatic carbocycles. The van der Waals surface area contributed by atoms with Gasteiger partial charge in [0.2, 0.25) is 0 Å². The molecule has 1 saturated heterocycles. The molecule has 8 nitrogen and oxygen atoms in total. The Hall–Kier alpha value is -2.55. The smallest absolute Gasteiger partial charge is 0.347 e. The summed E-state index contributed by atoms with van der Waals surface area (Å²) in [5.74, 6) is 0.470. The van der Waals surface area contributed by atoms with Crippen LogP contribution < -0.4 is 4.90 Å². The van der Waals surface area contributed by atoms with Crippen LogP contribution in [0.4, 0.5) is 5.82 Å². The van der Waals surface area contributed by atoms with Gasteiger partial charge in [0.1, 0.15) is 17.0 Å². The molecule has 3 aromatic heterocycles. The van der Waals surface area contributed by atoms with Crippen LogP contribution in [0.15, 0.2) is 18.5 Å². The van der Waals surface area contributed by atoms with Gasteiger partial charge in [-0.1, -0.05) is 0 Å². The van der Waals surface area contributed by atoms with Crippen molar-refractivity contribution < 1.29 is 9.90 Å². The molecule has 124 valence electrons. The molecule has 1 N–H and O–H groups in total. The van der Waals surface area contributed by atoms with Gasteiger partial charge in [-0.05, 0) is 31.4 Å². The Morgan fingerprint density at radius 2 is 2.33 bits per heavy atom. The standard InChI is InChI=1S/C15H16N6O2S/c1-9-14(15(22)23)24-13(17-9)6-10-4-5-20(7-10)12-3-2-11-18-16-8-21(11)19-12/h2-3,8,10H,4-7H2,1H3,(H,22,23). The molecule has 0 spiro atoms. The number of anilines is 1. The summed E-state index contributed by atoms with van der Waals surface area (Å²) in [6.07, 6.45) is 3.45. The van der Waals surface area contributed by atoms with Crippen molar-refractivity contribution in [2.45, 2.75) is 19.8 Å². The van der Waals surface area contributed by atoms with Gasteiger partial charge in [0.05, 0.1) is 10.7 Å². The van der Waals surface area contributed by atoms with E-state index in [1.54, 1.807) is 17.8 Å². The van der Waals surface area contributed by atoms with E-state index in [9.17, 15) is 4.79 Å². The molecule has 3 aromatic rings. The van der Waals surface area contributed by atoms with Crippen molar-refractivity contribution >= 4 is 28.8 Å².